The van der Waals surface area contributed by atoms with Crippen LogP contribution in [0, 0.1) is 29.6 Å². The highest BCUT2D eigenvalue weighted by Gasteiger charge is 2.57. The molecule has 3 fully saturated rings. The van der Waals surface area contributed by atoms with Gasteiger partial charge in [-0.3, -0.25) is 0 Å². The van der Waals surface area contributed by atoms with Gasteiger partial charge in [0, 0.05) is 0 Å². The Morgan fingerprint density at radius 2 is 1.48 bits per heavy atom. The van der Waals surface area contributed by atoms with Crippen LogP contribution in [0.2, 0.25) is 23.7 Å². The fraction of sp³-hybridized carbons (Fsp3) is 0.636. The Bertz CT molecular complexity index is 597. The summed E-state index contributed by atoms with van der Waals surface area (Å²) in [5.41, 5.74) is 2.16. The van der Waals surface area contributed by atoms with Gasteiger partial charge in [-0.05, 0) is 53.5 Å². The molecule has 0 nitrogen and oxygen atoms in total. The summed E-state index contributed by atoms with van der Waals surface area (Å²) < 4.78 is 0. The molecular weight excluding hydrogens is 292 g/mol. The van der Waals surface area contributed by atoms with Gasteiger partial charge in [0.1, 0.15) is 0 Å². The van der Waals surface area contributed by atoms with Gasteiger partial charge in [-0.2, -0.15) is 0 Å². The maximum atomic E-state index is 2.83. The van der Waals surface area contributed by atoms with Crippen LogP contribution in [0.5, 0.6) is 0 Å². The Morgan fingerprint density at radius 1 is 0.739 bits per heavy atom. The number of fused-ring (bicyclic) bond motifs is 4. The molecule has 0 amide bonds. The predicted molar refractivity (Wildman–Crippen MR) is 101 cm³/mol. The van der Waals surface area contributed by atoms with Crippen molar-refractivity contribution in [1.82, 2.24) is 0 Å². The molecule has 0 bridgehead atoms. The summed E-state index contributed by atoms with van der Waals surface area (Å²) in [4.78, 5) is 0. The molecule has 122 valence electrons. The summed E-state index contributed by atoms with van der Waals surface area (Å²) in [6, 6.07) is 1.62. The molecule has 8 atom stereocenters. The van der Waals surface area contributed by atoms with Gasteiger partial charge >= 0.3 is 0 Å². The van der Waals surface area contributed by atoms with Gasteiger partial charge in [0.15, 0.2) is 0 Å². The molecule has 2 saturated carbocycles. The lowest BCUT2D eigenvalue weighted by atomic mass is 9.84. The standard InChI is InChI=1S/C22H30Si/c1-23(21-13-12-16-7-2-5-10-19(16)21)14-6-11-20-18-9-4-3-8-17(18)15-22(20)23/h2-5,7-10,16-22H,6,11-15H2,1H3. The fourth-order valence-corrected chi connectivity index (χ4v) is 13.8. The third kappa shape index (κ3) is 2.08. The van der Waals surface area contributed by atoms with Crippen LogP contribution in [0.1, 0.15) is 32.1 Å². The Kier molecular flexibility index (Phi) is 3.37. The highest BCUT2D eigenvalue weighted by Crippen LogP contribution is 2.64. The van der Waals surface area contributed by atoms with E-state index >= 15 is 0 Å². The molecule has 1 aliphatic heterocycles. The maximum absolute atomic E-state index is 2.83. The van der Waals surface area contributed by atoms with Gasteiger partial charge in [0.2, 0.25) is 0 Å². The third-order valence-corrected chi connectivity index (χ3v) is 14.5. The molecule has 0 aromatic rings. The van der Waals surface area contributed by atoms with Crippen LogP contribution in [-0.4, -0.2) is 8.07 Å². The molecule has 1 heterocycles. The minimum atomic E-state index is -1.18. The van der Waals surface area contributed by atoms with E-state index in [4.69, 9.17) is 0 Å². The van der Waals surface area contributed by atoms with Crippen molar-refractivity contribution in [3.8, 4) is 0 Å². The minimum Gasteiger partial charge on any atom is -0.0808 e. The first kappa shape index (κ1) is 14.5. The highest BCUT2D eigenvalue weighted by molar-refractivity contribution is 6.81. The SMILES string of the molecule is C[Si]1(C2CCC3C=CC=CC32)CCCC2C3C=CC=CC3CC21. The molecule has 0 aromatic carbocycles. The summed E-state index contributed by atoms with van der Waals surface area (Å²) in [6.07, 6.45) is 27.1. The lowest BCUT2D eigenvalue weighted by molar-refractivity contribution is 0.367. The lowest BCUT2D eigenvalue weighted by Crippen LogP contribution is -2.47. The third-order valence-electron chi connectivity index (χ3n) is 8.35. The van der Waals surface area contributed by atoms with Gasteiger partial charge in [-0.15, -0.1) is 0 Å². The van der Waals surface area contributed by atoms with E-state index < -0.39 is 8.07 Å². The van der Waals surface area contributed by atoms with Crippen molar-refractivity contribution < 1.29 is 0 Å². The van der Waals surface area contributed by atoms with E-state index in [1.54, 1.807) is 6.04 Å². The first-order chi connectivity index (χ1) is 11.3. The van der Waals surface area contributed by atoms with Crippen molar-refractivity contribution in [2.24, 2.45) is 29.6 Å². The Morgan fingerprint density at radius 3 is 2.35 bits per heavy atom. The van der Waals surface area contributed by atoms with Crippen molar-refractivity contribution in [2.75, 3.05) is 0 Å². The van der Waals surface area contributed by atoms with E-state index in [1.165, 1.54) is 32.1 Å². The fourth-order valence-electron chi connectivity index (χ4n) is 7.34. The van der Waals surface area contributed by atoms with E-state index in [0.29, 0.717) is 0 Å². The monoisotopic (exact) mass is 322 g/mol. The molecule has 5 rings (SSSR count). The van der Waals surface area contributed by atoms with Crippen molar-refractivity contribution in [3.63, 3.8) is 0 Å². The summed E-state index contributed by atoms with van der Waals surface area (Å²) in [5, 5.41) is 0. The lowest BCUT2D eigenvalue weighted by Gasteiger charge is -2.48. The average molecular weight is 323 g/mol. The predicted octanol–water partition coefficient (Wildman–Crippen LogP) is 6.13. The number of hydrogen-bond acceptors (Lipinski definition) is 0. The zero-order valence-electron chi connectivity index (χ0n) is 14.4. The second-order valence-electron chi connectivity index (χ2n) is 9.11. The summed E-state index contributed by atoms with van der Waals surface area (Å²) >= 11 is 0. The second-order valence-corrected chi connectivity index (χ2v) is 14.1. The van der Waals surface area contributed by atoms with Crippen LogP contribution in [0.4, 0.5) is 0 Å². The normalized spacial score (nSPS) is 53.2. The van der Waals surface area contributed by atoms with Crippen LogP contribution < -0.4 is 0 Å². The van der Waals surface area contributed by atoms with Crippen LogP contribution in [-0.2, 0) is 0 Å². The van der Waals surface area contributed by atoms with Gasteiger partial charge < -0.3 is 0 Å². The Labute approximate surface area is 142 Å². The molecule has 0 radical (unpaired) electrons. The molecule has 0 N–H and O–H groups in total. The Hall–Kier alpha value is -0.823. The van der Waals surface area contributed by atoms with Crippen LogP contribution >= 0.6 is 0 Å². The quantitative estimate of drug-likeness (QED) is 0.509. The molecule has 5 aliphatic rings. The van der Waals surface area contributed by atoms with Gasteiger partial charge in [0.25, 0.3) is 0 Å². The summed E-state index contributed by atoms with van der Waals surface area (Å²) in [6.45, 7) is 2.83. The van der Waals surface area contributed by atoms with Crippen LogP contribution in [0.15, 0.2) is 48.6 Å². The van der Waals surface area contributed by atoms with E-state index in [-0.39, 0.29) is 0 Å². The molecule has 23 heavy (non-hydrogen) atoms. The zero-order valence-corrected chi connectivity index (χ0v) is 15.4. The molecule has 1 heteroatoms. The molecule has 0 spiro atoms. The second kappa shape index (κ2) is 5.34. The highest BCUT2D eigenvalue weighted by atomic mass is 28.3. The number of rotatable bonds is 1. The number of hydrogen-bond donors (Lipinski definition) is 0. The zero-order chi connectivity index (χ0) is 15.4. The Balaban J connectivity index is 1.47. The van der Waals surface area contributed by atoms with Crippen molar-refractivity contribution in [1.29, 1.82) is 0 Å². The minimum absolute atomic E-state index is 0.873. The van der Waals surface area contributed by atoms with Crippen molar-refractivity contribution in [3.05, 3.63) is 48.6 Å². The topological polar surface area (TPSA) is 0 Å². The molecular formula is C22H30Si. The largest absolute Gasteiger partial charge is 0.0808 e. The van der Waals surface area contributed by atoms with E-state index in [1.807, 2.05) is 0 Å². The van der Waals surface area contributed by atoms with E-state index in [9.17, 15) is 0 Å². The number of allylic oxidation sites excluding steroid dienone is 8. The molecule has 0 aromatic heterocycles. The first-order valence-corrected chi connectivity index (χ1v) is 12.8. The molecule has 4 aliphatic carbocycles. The van der Waals surface area contributed by atoms with Crippen LogP contribution in [0.25, 0.3) is 0 Å². The van der Waals surface area contributed by atoms with Gasteiger partial charge in [-0.25, -0.2) is 0 Å². The van der Waals surface area contributed by atoms with E-state index in [0.717, 1.165) is 40.7 Å². The van der Waals surface area contributed by atoms with Gasteiger partial charge in [-0.1, -0.05) is 80.5 Å². The maximum Gasteiger partial charge on any atom is 0.0576 e. The summed E-state index contributed by atoms with van der Waals surface area (Å²) in [7, 11) is -1.18. The molecule has 1 saturated heterocycles. The van der Waals surface area contributed by atoms with Crippen LogP contribution in [0.3, 0.4) is 0 Å². The average Bonchev–Trinajstić information content (AvgIpc) is 3.18. The smallest absolute Gasteiger partial charge is 0.0576 e. The van der Waals surface area contributed by atoms with Crippen molar-refractivity contribution >= 4 is 8.07 Å². The summed E-state index contributed by atoms with van der Waals surface area (Å²) in [5.74, 6) is 4.55. The van der Waals surface area contributed by atoms with Crippen molar-refractivity contribution in [2.45, 2.75) is 55.8 Å². The van der Waals surface area contributed by atoms with E-state index in [2.05, 4.69) is 55.2 Å². The molecule has 8 unspecified atom stereocenters. The van der Waals surface area contributed by atoms with Gasteiger partial charge in [0.05, 0.1) is 8.07 Å². The first-order valence-electron chi connectivity index (χ1n) is 9.97.